The number of aromatic nitrogens is 2. The molecule has 1 aromatic carbocycles. The zero-order valence-corrected chi connectivity index (χ0v) is 14.0. The van der Waals surface area contributed by atoms with Gasteiger partial charge in [-0.05, 0) is 18.2 Å². The predicted molar refractivity (Wildman–Crippen MR) is 95.1 cm³/mol. The molecule has 0 radical (unpaired) electrons. The first-order valence-electron chi connectivity index (χ1n) is 6.92. The fourth-order valence-corrected chi connectivity index (χ4v) is 2.97. The number of rotatable bonds is 5. The molecule has 0 aliphatic carbocycles. The van der Waals surface area contributed by atoms with E-state index in [1.807, 2.05) is 6.07 Å². The molecule has 0 spiro atoms. The Kier molecular flexibility index (Phi) is 4.87. The summed E-state index contributed by atoms with van der Waals surface area (Å²) in [5, 5.41) is 21.2. The number of nitrogens with zero attached hydrogens (tertiary/aromatic N) is 3. The molecule has 1 amide bonds. The van der Waals surface area contributed by atoms with Gasteiger partial charge < -0.3 is 0 Å². The Morgan fingerprint density at radius 2 is 2.20 bits per heavy atom. The third-order valence-corrected chi connectivity index (χ3v) is 4.37. The number of non-ortho nitro benzene ring substituents is 1. The molecular formula is C15H10ClN5O3S. The lowest BCUT2D eigenvalue weighted by Gasteiger charge is -1.96. The number of hydrazone groups is 1. The number of H-pyrrole nitrogens is 1. The summed E-state index contributed by atoms with van der Waals surface area (Å²) in [4.78, 5) is 23.1. The molecule has 0 fully saturated rings. The molecule has 0 bridgehead atoms. The first-order chi connectivity index (χ1) is 12.0. The maximum Gasteiger partial charge on any atom is 0.291 e. The SMILES string of the molecule is O=C(NN=Cc1cccc([N+](=O)[O-])c1)c1cc(-c2ccc(Cl)s2)[nH]n1. The molecule has 0 atom stereocenters. The Hall–Kier alpha value is -3.04. The van der Waals surface area contributed by atoms with Crippen molar-refractivity contribution in [3.8, 4) is 10.6 Å². The third-order valence-electron chi connectivity index (χ3n) is 3.11. The highest BCUT2D eigenvalue weighted by Crippen LogP contribution is 2.29. The fraction of sp³-hybridized carbons (Fsp3) is 0. The van der Waals surface area contributed by atoms with E-state index < -0.39 is 10.8 Å². The molecule has 0 aliphatic rings. The van der Waals surface area contributed by atoms with Gasteiger partial charge in [0.25, 0.3) is 11.6 Å². The molecule has 2 heterocycles. The number of amides is 1. The van der Waals surface area contributed by atoms with E-state index in [2.05, 4.69) is 20.7 Å². The summed E-state index contributed by atoms with van der Waals surface area (Å²) < 4.78 is 0.636. The zero-order chi connectivity index (χ0) is 17.8. The van der Waals surface area contributed by atoms with Gasteiger partial charge in [-0.1, -0.05) is 23.7 Å². The summed E-state index contributed by atoms with van der Waals surface area (Å²) in [6.07, 6.45) is 1.32. The van der Waals surface area contributed by atoms with Crippen molar-refractivity contribution in [1.29, 1.82) is 0 Å². The lowest BCUT2D eigenvalue weighted by molar-refractivity contribution is -0.384. The molecule has 0 saturated carbocycles. The summed E-state index contributed by atoms with van der Waals surface area (Å²) in [6.45, 7) is 0. The van der Waals surface area contributed by atoms with E-state index >= 15 is 0 Å². The number of benzene rings is 1. The second kappa shape index (κ2) is 7.24. The maximum absolute atomic E-state index is 12.0. The lowest BCUT2D eigenvalue weighted by atomic mass is 10.2. The van der Waals surface area contributed by atoms with E-state index in [4.69, 9.17) is 11.6 Å². The molecule has 0 aliphatic heterocycles. The monoisotopic (exact) mass is 375 g/mol. The third kappa shape index (κ3) is 4.08. The van der Waals surface area contributed by atoms with Crippen LogP contribution in [0, 0.1) is 10.1 Å². The minimum Gasteiger partial charge on any atom is -0.276 e. The van der Waals surface area contributed by atoms with Gasteiger partial charge in [-0.15, -0.1) is 11.3 Å². The topological polar surface area (TPSA) is 113 Å². The van der Waals surface area contributed by atoms with E-state index in [0.717, 1.165) is 4.88 Å². The molecule has 3 rings (SSSR count). The number of thiophene rings is 1. The largest absolute Gasteiger partial charge is 0.291 e. The van der Waals surface area contributed by atoms with Crippen molar-refractivity contribution >= 4 is 40.7 Å². The van der Waals surface area contributed by atoms with Gasteiger partial charge in [-0.3, -0.25) is 20.0 Å². The van der Waals surface area contributed by atoms with Crippen LogP contribution in [0.1, 0.15) is 16.1 Å². The highest BCUT2D eigenvalue weighted by Gasteiger charge is 2.12. The molecule has 25 heavy (non-hydrogen) atoms. The van der Waals surface area contributed by atoms with Crippen LogP contribution in [0.25, 0.3) is 10.6 Å². The van der Waals surface area contributed by atoms with Gasteiger partial charge in [0.2, 0.25) is 0 Å². The number of nitro benzene ring substituents is 1. The first-order valence-corrected chi connectivity index (χ1v) is 8.11. The molecule has 2 aromatic heterocycles. The van der Waals surface area contributed by atoms with E-state index in [1.54, 1.807) is 18.2 Å². The molecule has 0 saturated heterocycles. The Morgan fingerprint density at radius 1 is 1.36 bits per heavy atom. The van der Waals surface area contributed by atoms with Crippen LogP contribution in [0.5, 0.6) is 0 Å². The summed E-state index contributed by atoms with van der Waals surface area (Å²) in [7, 11) is 0. The van der Waals surface area contributed by atoms with Gasteiger partial charge in [-0.2, -0.15) is 10.2 Å². The van der Waals surface area contributed by atoms with Crippen LogP contribution in [0.4, 0.5) is 5.69 Å². The number of hydrogen-bond donors (Lipinski definition) is 2. The van der Waals surface area contributed by atoms with Crippen LogP contribution in [0.3, 0.4) is 0 Å². The minimum atomic E-state index is -0.508. The molecule has 2 N–H and O–H groups in total. The van der Waals surface area contributed by atoms with Crippen LogP contribution >= 0.6 is 22.9 Å². The van der Waals surface area contributed by atoms with Gasteiger partial charge in [0.05, 0.1) is 26.0 Å². The number of nitro groups is 1. The lowest BCUT2D eigenvalue weighted by Crippen LogP contribution is -2.18. The van der Waals surface area contributed by atoms with Crippen LogP contribution < -0.4 is 5.43 Å². The first kappa shape index (κ1) is 16.8. The van der Waals surface area contributed by atoms with Crippen LogP contribution in [-0.2, 0) is 0 Å². The van der Waals surface area contributed by atoms with Gasteiger partial charge in [0.1, 0.15) is 0 Å². The highest BCUT2D eigenvalue weighted by atomic mass is 35.5. The second-order valence-corrected chi connectivity index (χ2v) is 6.54. The number of aromatic amines is 1. The van der Waals surface area contributed by atoms with Gasteiger partial charge in [0, 0.05) is 17.7 Å². The van der Waals surface area contributed by atoms with Crippen molar-refractivity contribution < 1.29 is 9.72 Å². The summed E-state index contributed by atoms with van der Waals surface area (Å²) >= 11 is 7.24. The fourth-order valence-electron chi connectivity index (χ4n) is 1.96. The summed E-state index contributed by atoms with van der Waals surface area (Å²) in [6, 6.07) is 11.1. The average Bonchev–Trinajstić information content (AvgIpc) is 3.24. The Morgan fingerprint density at radius 3 is 2.92 bits per heavy atom. The Bertz CT molecular complexity index is 965. The zero-order valence-electron chi connectivity index (χ0n) is 12.5. The van der Waals surface area contributed by atoms with Crippen molar-refractivity contribution in [2.24, 2.45) is 5.10 Å². The number of nitrogens with one attached hydrogen (secondary N) is 2. The van der Waals surface area contributed by atoms with Gasteiger partial charge in [-0.25, -0.2) is 5.43 Å². The predicted octanol–water partition coefficient (Wildman–Crippen LogP) is 3.46. The standard InChI is InChI=1S/C15H10ClN5O3S/c16-14-5-4-13(25-14)11-7-12(19-18-11)15(22)20-17-8-9-2-1-3-10(6-9)21(23)24/h1-8H,(H,18,19)(H,20,22). The van der Waals surface area contributed by atoms with Gasteiger partial charge >= 0.3 is 0 Å². The van der Waals surface area contributed by atoms with Crippen molar-refractivity contribution in [2.75, 3.05) is 0 Å². The van der Waals surface area contributed by atoms with E-state index in [-0.39, 0.29) is 11.4 Å². The number of carbonyl (C=O) groups is 1. The van der Waals surface area contributed by atoms with Crippen molar-refractivity contribution in [3.05, 3.63) is 68.2 Å². The average molecular weight is 376 g/mol. The smallest absolute Gasteiger partial charge is 0.276 e. The van der Waals surface area contributed by atoms with Gasteiger partial charge in [0.15, 0.2) is 5.69 Å². The normalized spacial score (nSPS) is 10.9. The van der Waals surface area contributed by atoms with E-state index in [1.165, 1.54) is 35.8 Å². The number of halogens is 1. The van der Waals surface area contributed by atoms with Crippen LogP contribution in [-0.4, -0.2) is 27.2 Å². The molecular weight excluding hydrogens is 366 g/mol. The quantitative estimate of drug-likeness (QED) is 0.403. The summed E-state index contributed by atoms with van der Waals surface area (Å²) in [5.41, 5.74) is 3.59. The molecule has 0 unspecified atom stereocenters. The number of carbonyl (C=O) groups excluding carboxylic acids is 1. The van der Waals surface area contributed by atoms with Crippen LogP contribution in [0.2, 0.25) is 4.34 Å². The molecule has 3 aromatic rings. The summed E-state index contributed by atoms with van der Waals surface area (Å²) in [5.74, 6) is -0.508. The highest BCUT2D eigenvalue weighted by molar-refractivity contribution is 7.19. The maximum atomic E-state index is 12.0. The van der Waals surface area contributed by atoms with Crippen LogP contribution in [0.15, 0.2) is 47.6 Å². The second-order valence-electron chi connectivity index (χ2n) is 4.82. The molecule has 126 valence electrons. The Labute approximate surface area is 150 Å². The minimum absolute atomic E-state index is 0.0539. The molecule has 10 heteroatoms. The Balaban J connectivity index is 1.66. The van der Waals surface area contributed by atoms with E-state index in [9.17, 15) is 14.9 Å². The van der Waals surface area contributed by atoms with Crippen molar-refractivity contribution in [1.82, 2.24) is 15.6 Å². The number of hydrogen-bond acceptors (Lipinski definition) is 6. The molecule has 8 nitrogen and oxygen atoms in total. The van der Waals surface area contributed by atoms with Crippen molar-refractivity contribution in [2.45, 2.75) is 0 Å². The van der Waals surface area contributed by atoms with E-state index in [0.29, 0.717) is 15.6 Å². The van der Waals surface area contributed by atoms with Crippen molar-refractivity contribution in [3.63, 3.8) is 0 Å².